The highest BCUT2D eigenvalue weighted by Gasteiger charge is 2.31. The van der Waals surface area contributed by atoms with Crippen molar-refractivity contribution < 1.29 is 23.1 Å². The molecule has 4 nitrogen and oxygen atoms in total. The molecule has 0 heterocycles. The van der Waals surface area contributed by atoms with E-state index in [1.165, 1.54) is 6.07 Å². The van der Waals surface area contributed by atoms with E-state index in [0.717, 1.165) is 18.2 Å². The second-order valence-electron chi connectivity index (χ2n) is 5.62. The number of nitrogens with zero attached hydrogens (tertiary/aromatic N) is 1. The Morgan fingerprint density at radius 3 is 2.32 bits per heavy atom. The van der Waals surface area contributed by atoms with Gasteiger partial charge in [0.05, 0.1) is 5.56 Å². The van der Waals surface area contributed by atoms with Crippen LogP contribution in [0, 0.1) is 16.7 Å². The lowest BCUT2D eigenvalue weighted by Gasteiger charge is -2.18. The molecule has 0 saturated carbocycles. The number of aliphatic hydroxyl groups is 1. The lowest BCUT2D eigenvalue weighted by molar-refractivity contribution is -0.137. The topological polar surface area (TPSA) is 73.1 Å². The molecule has 0 aliphatic heterocycles. The molecule has 0 saturated heterocycles. The van der Waals surface area contributed by atoms with Crippen LogP contribution in [0.5, 0.6) is 0 Å². The molecule has 0 aliphatic rings. The summed E-state index contributed by atoms with van der Waals surface area (Å²) in [5, 5.41) is 21.1. The van der Waals surface area contributed by atoms with E-state index in [1.54, 1.807) is 26.8 Å². The fraction of sp³-hybridized carbons (Fsp3) is 0.333. The van der Waals surface area contributed by atoms with Crippen molar-refractivity contribution in [2.75, 3.05) is 5.32 Å². The highest BCUT2D eigenvalue weighted by Crippen LogP contribution is 2.31. The Morgan fingerprint density at radius 2 is 1.86 bits per heavy atom. The van der Waals surface area contributed by atoms with Crippen molar-refractivity contribution in [2.45, 2.75) is 26.9 Å². The van der Waals surface area contributed by atoms with E-state index in [2.05, 4.69) is 5.32 Å². The minimum absolute atomic E-state index is 0.116. The summed E-state index contributed by atoms with van der Waals surface area (Å²) in [7, 11) is 0. The van der Waals surface area contributed by atoms with E-state index in [0.29, 0.717) is 0 Å². The average Bonchev–Trinajstić information content (AvgIpc) is 2.37. The van der Waals surface area contributed by atoms with Gasteiger partial charge in [0.25, 0.3) is 5.91 Å². The predicted octanol–water partition coefficient (Wildman–Crippen LogP) is 4.03. The third-order valence-electron chi connectivity index (χ3n) is 2.73. The van der Waals surface area contributed by atoms with Gasteiger partial charge in [0.1, 0.15) is 11.8 Å². The third kappa shape index (κ3) is 4.25. The standard InChI is InChI=1S/C15H15F3N2O2/c1-14(2,3)12(21)11(8-19)13(22)20-10-6-4-5-9(7-10)15(16,17)18/h4-7,21H,1-3H3,(H,20,22)/b12-11-. The van der Waals surface area contributed by atoms with Gasteiger partial charge >= 0.3 is 6.18 Å². The van der Waals surface area contributed by atoms with Crippen molar-refractivity contribution in [1.82, 2.24) is 0 Å². The van der Waals surface area contributed by atoms with Crippen LogP contribution in [0.1, 0.15) is 26.3 Å². The van der Waals surface area contributed by atoms with Gasteiger partial charge in [-0.2, -0.15) is 18.4 Å². The van der Waals surface area contributed by atoms with E-state index in [4.69, 9.17) is 5.26 Å². The van der Waals surface area contributed by atoms with Crippen LogP contribution in [0.3, 0.4) is 0 Å². The quantitative estimate of drug-likeness (QED) is 0.492. The minimum Gasteiger partial charge on any atom is -0.510 e. The molecular weight excluding hydrogens is 297 g/mol. The van der Waals surface area contributed by atoms with Crippen LogP contribution in [0.25, 0.3) is 0 Å². The molecule has 0 atom stereocenters. The van der Waals surface area contributed by atoms with Crippen molar-refractivity contribution in [3.63, 3.8) is 0 Å². The molecule has 1 aromatic carbocycles. The predicted molar refractivity (Wildman–Crippen MR) is 74.8 cm³/mol. The number of nitrogens with one attached hydrogen (secondary N) is 1. The van der Waals surface area contributed by atoms with Gasteiger partial charge in [-0.15, -0.1) is 0 Å². The number of anilines is 1. The summed E-state index contributed by atoms with van der Waals surface area (Å²) in [5.74, 6) is -1.39. The molecule has 1 aromatic rings. The number of alkyl halides is 3. The number of amides is 1. The third-order valence-corrected chi connectivity index (χ3v) is 2.73. The molecular formula is C15H15F3N2O2. The molecule has 2 N–H and O–H groups in total. The lowest BCUT2D eigenvalue weighted by Crippen LogP contribution is -2.20. The van der Waals surface area contributed by atoms with Crippen molar-refractivity contribution in [1.29, 1.82) is 5.26 Å². The zero-order chi connectivity index (χ0) is 17.1. The van der Waals surface area contributed by atoms with Crippen molar-refractivity contribution >= 4 is 11.6 Å². The zero-order valence-electron chi connectivity index (χ0n) is 12.2. The number of benzene rings is 1. The molecule has 0 aliphatic carbocycles. The monoisotopic (exact) mass is 312 g/mol. The van der Waals surface area contributed by atoms with Gasteiger partial charge in [-0.25, -0.2) is 0 Å². The maximum absolute atomic E-state index is 12.6. The Morgan fingerprint density at radius 1 is 1.27 bits per heavy atom. The van der Waals surface area contributed by atoms with Crippen LogP contribution < -0.4 is 5.32 Å². The van der Waals surface area contributed by atoms with Crippen molar-refractivity contribution in [3.05, 3.63) is 41.2 Å². The van der Waals surface area contributed by atoms with Crippen LogP contribution in [0.15, 0.2) is 35.6 Å². The van der Waals surface area contributed by atoms with E-state index >= 15 is 0 Å². The highest BCUT2D eigenvalue weighted by atomic mass is 19.4. The molecule has 7 heteroatoms. The number of halogens is 3. The Hall–Kier alpha value is -2.49. The van der Waals surface area contributed by atoms with Gasteiger partial charge in [-0.1, -0.05) is 26.8 Å². The second kappa shape index (κ2) is 6.10. The molecule has 118 valence electrons. The van der Waals surface area contributed by atoms with Crippen molar-refractivity contribution in [3.8, 4) is 6.07 Å². The first-order valence-electron chi connectivity index (χ1n) is 6.29. The Balaban J connectivity index is 3.11. The number of carbonyl (C=O) groups excluding carboxylic acids is 1. The molecule has 0 spiro atoms. The van der Waals surface area contributed by atoms with Gasteiger partial charge in [0, 0.05) is 11.1 Å². The van der Waals surface area contributed by atoms with Crippen LogP contribution in [-0.2, 0) is 11.0 Å². The average molecular weight is 312 g/mol. The van der Waals surface area contributed by atoms with Gasteiger partial charge in [0.2, 0.25) is 0 Å². The molecule has 0 bridgehead atoms. The second-order valence-corrected chi connectivity index (χ2v) is 5.62. The molecule has 1 amide bonds. The number of nitriles is 1. The number of allylic oxidation sites excluding steroid dienone is 1. The molecule has 0 radical (unpaired) electrons. The van der Waals surface area contributed by atoms with E-state index in [1.807, 2.05) is 0 Å². The molecule has 0 aromatic heterocycles. The lowest BCUT2D eigenvalue weighted by atomic mass is 9.90. The van der Waals surface area contributed by atoms with E-state index in [9.17, 15) is 23.1 Å². The minimum atomic E-state index is -4.54. The summed E-state index contributed by atoms with van der Waals surface area (Å²) in [6.07, 6.45) is -4.54. The molecule has 0 unspecified atom stereocenters. The SMILES string of the molecule is CC(C)(C)/C(O)=C(\C#N)C(=O)Nc1cccc(C(F)(F)F)c1. The first-order chi connectivity index (χ1) is 9.96. The maximum Gasteiger partial charge on any atom is 0.416 e. The largest absolute Gasteiger partial charge is 0.510 e. The Labute approximate surface area is 125 Å². The number of rotatable bonds is 2. The summed E-state index contributed by atoms with van der Waals surface area (Å²) in [6, 6.07) is 5.58. The smallest absolute Gasteiger partial charge is 0.416 e. The number of carbonyl (C=O) groups is 1. The fourth-order valence-electron chi connectivity index (χ4n) is 1.55. The highest BCUT2D eigenvalue weighted by molar-refractivity contribution is 6.07. The summed E-state index contributed by atoms with van der Waals surface area (Å²) in [5.41, 5.74) is -2.41. The summed E-state index contributed by atoms with van der Waals surface area (Å²) < 4.78 is 37.8. The van der Waals surface area contributed by atoms with Crippen LogP contribution in [0.2, 0.25) is 0 Å². The van der Waals surface area contributed by atoms with E-state index in [-0.39, 0.29) is 5.69 Å². The van der Waals surface area contributed by atoms with Crippen LogP contribution in [-0.4, -0.2) is 11.0 Å². The summed E-state index contributed by atoms with van der Waals surface area (Å²) >= 11 is 0. The number of hydrogen-bond acceptors (Lipinski definition) is 3. The van der Waals surface area contributed by atoms with Gasteiger partial charge in [-0.05, 0) is 18.2 Å². The number of aliphatic hydroxyl groups excluding tert-OH is 1. The summed E-state index contributed by atoms with van der Waals surface area (Å²) in [4.78, 5) is 12.0. The summed E-state index contributed by atoms with van der Waals surface area (Å²) in [6.45, 7) is 4.78. The first kappa shape index (κ1) is 17.6. The fourth-order valence-corrected chi connectivity index (χ4v) is 1.55. The normalized spacial score (nSPS) is 13.1. The van der Waals surface area contributed by atoms with Gasteiger partial charge < -0.3 is 10.4 Å². The Kier molecular flexibility index (Phi) is 4.87. The van der Waals surface area contributed by atoms with E-state index < -0.39 is 34.4 Å². The Bertz CT molecular complexity index is 650. The molecule has 0 fully saturated rings. The maximum atomic E-state index is 12.6. The molecule has 1 rings (SSSR count). The van der Waals surface area contributed by atoms with Gasteiger partial charge in [0.15, 0.2) is 5.57 Å². The zero-order valence-corrected chi connectivity index (χ0v) is 12.2. The van der Waals surface area contributed by atoms with Crippen molar-refractivity contribution in [2.24, 2.45) is 5.41 Å². The van der Waals surface area contributed by atoms with Crippen LogP contribution in [0.4, 0.5) is 18.9 Å². The first-order valence-corrected chi connectivity index (χ1v) is 6.29. The molecule has 22 heavy (non-hydrogen) atoms. The van der Waals surface area contributed by atoms with Crippen LogP contribution >= 0.6 is 0 Å². The number of hydrogen-bond donors (Lipinski definition) is 2. The van der Waals surface area contributed by atoms with Gasteiger partial charge in [-0.3, -0.25) is 4.79 Å².